The van der Waals surface area contributed by atoms with Crippen molar-refractivity contribution in [2.75, 3.05) is 49.6 Å². The fraction of sp³-hybridized carbons (Fsp3) is 0.471. The van der Waals surface area contributed by atoms with Gasteiger partial charge in [-0.05, 0) is 68.5 Å². The first-order chi connectivity index (χ1) is 22.8. The van der Waals surface area contributed by atoms with Gasteiger partial charge >= 0.3 is 6.16 Å². The van der Waals surface area contributed by atoms with E-state index in [1.54, 1.807) is 68.4 Å². The molecule has 3 aromatic rings. The number of hydrogen-bond acceptors (Lipinski definition) is 12. The summed E-state index contributed by atoms with van der Waals surface area (Å²) in [6.07, 6.45) is 1.94. The highest BCUT2D eigenvalue weighted by molar-refractivity contribution is 7.92. The molecule has 0 bridgehead atoms. The highest BCUT2D eigenvalue weighted by Gasteiger charge is 2.25. The number of amides is 1. The van der Waals surface area contributed by atoms with Gasteiger partial charge in [-0.3, -0.25) is 14.4 Å². The monoisotopic (exact) mass is 698 g/mol. The molecule has 1 aliphatic rings. The van der Waals surface area contributed by atoms with Crippen molar-refractivity contribution in [3.05, 3.63) is 65.1 Å². The van der Waals surface area contributed by atoms with Crippen LogP contribution >= 0.6 is 0 Å². The van der Waals surface area contributed by atoms with Crippen LogP contribution in [0.1, 0.15) is 68.9 Å². The second kappa shape index (κ2) is 15.0. The summed E-state index contributed by atoms with van der Waals surface area (Å²) in [7, 11) is -2.22. The number of benzene rings is 2. The summed E-state index contributed by atoms with van der Waals surface area (Å²) >= 11 is 0. The van der Waals surface area contributed by atoms with Crippen LogP contribution in [0.4, 0.5) is 16.2 Å². The first kappa shape index (κ1) is 37.4. The molecule has 1 saturated heterocycles. The Balaban J connectivity index is 1.45. The van der Waals surface area contributed by atoms with Crippen molar-refractivity contribution >= 4 is 33.5 Å². The molecule has 4 rings (SSSR count). The van der Waals surface area contributed by atoms with Crippen LogP contribution in [-0.2, 0) is 31.6 Å². The van der Waals surface area contributed by atoms with Gasteiger partial charge in [0.05, 0.1) is 31.3 Å². The average Bonchev–Trinajstić information content (AvgIpc) is 2.97. The number of piperazine rings is 1. The Morgan fingerprint density at radius 1 is 0.959 bits per heavy atom. The number of aryl methyl sites for hydroxylation is 1. The maximum atomic E-state index is 13.5. The first-order valence-corrected chi connectivity index (χ1v) is 17.7. The average molecular weight is 699 g/mol. The van der Waals surface area contributed by atoms with E-state index in [0.717, 1.165) is 17.4 Å². The largest absolute Gasteiger partial charge is 0.528 e. The minimum absolute atomic E-state index is 0.181. The lowest BCUT2D eigenvalue weighted by molar-refractivity contribution is -0.158. The minimum Gasteiger partial charge on any atom is -0.492 e. The van der Waals surface area contributed by atoms with Crippen molar-refractivity contribution in [3.8, 4) is 17.4 Å². The molecule has 15 heteroatoms. The normalized spacial score (nSPS) is 14.6. The third-order valence-corrected chi connectivity index (χ3v) is 7.93. The van der Waals surface area contributed by atoms with Gasteiger partial charge in [-0.25, -0.2) is 18.2 Å². The molecule has 0 saturated carbocycles. The molecular formula is C34H46N6O8S. The number of nitrogens with one attached hydrogen (secondary N) is 2. The number of hydroxylamine groups is 2. The Kier molecular flexibility index (Phi) is 11.4. The lowest BCUT2D eigenvalue weighted by Crippen LogP contribution is -2.47. The molecule has 14 nitrogen and oxygen atoms in total. The number of ether oxygens (including phenoxy) is 3. The van der Waals surface area contributed by atoms with Crippen LogP contribution in [0.2, 0.25) is 0 Å². The van der Waals surface area contributed by atoms with E-state index in [2.05, 4.69) is 24.9 Å². The van der Waals surface area contributed by atoms with Crippen molar-refractivity contribution in [1.29, 1.82) is 0 Å². The molecule has 49 heavy (non-hydrogen) atoms. The zero-order valence-corrected chi connectivity index (χ0v) is 30.4. The minimum atomic E-state index is -3.63. The fourth-order valence-corrected chi connectivity index (χ4v) is 5.43. The van der Waals surface area contributed by atoms with E-state index >= 15 is 0 Å². The maximum Gasteiger partial charge on any atom is 0.528 e. The van der Waals surface area contributed by atoms with Gasteiger partial charge in [0.2, 0.25) is 15.9 Å². The molecule has 0 aliphatic carbocycles. The Morgan fingerprint density at radius 2 is 1.63 bits per heavy atom. The van der Waals surface area contributed by atoms with Gasteiger partial charge in [-0.15, -0.1) is 5.06 Å². The number of hydrogen-bond donors (Lipinski definition) is 2. The van der Waals surface area contributed by atoms with E-state index in [9.17, 15) is 18.0 Å². The van der Waals surface area contributed by atoms with Crippen LogP contribution in [0.3, 0.4) is 0 Å². The summed E-state index contributed by atoms with van der Waals surface area (Å²) in [4.78, 5) is 42.0. The van der Waals surface area contributed by atoms with Crippen LogP contribution in [0, 0.1) is 6.92 Å². The second-order valence-electron chi connectivity index (χ2n) is 13.8. The summed E-state index contributed by atoms with van der Waals surface area (Å²) in [6.45, 7) is 15.9. The van der Waals surface area contributed by atoms with Crippen molar-refractivity contribution in [2.24, 2.45) is 0 Å². The molecule has 1 amide bonds. The molecule has 2 heterocycles. The van der Waals surface area contributed by atoms with E-state index in [-0.39, 0.29) is 16.9 Å². The van der Waals surface area contributed by atoms with Gasteiger partial charge in [0.1, 0.15) is 17.2 Å². The molecule has 0 atom stereocenters. The van der Waals surface area contributed by atoms with Crippen molar-refractivity contribution in [3.63, 3.8) is 0 Å². The second-order valence-corrected chi connectivity index (χ2v) is 15.6. The number of methoxy groups -OCH3 is 1. The lowest BCUT2D eigenvalue weighted by Gasteiger charge is -2.33. The van der Waals surface area contributed by atoms with Crippen LogP contribution in [0.25, 0.3) is 0 Å². The standard InChI is InChI=1S/C34H46N6O8S/c1-22-10-11-23(31(41)36-25-19-24(33(2,3)4)20-26(30(25)45-8)38-49(9,43)44)18-27(22)46-29-12-13-35-28(37-29)21-39-14-16-40(17-15-39)48-32(42)47-34(5,6)7/h10-13,18-20,38H,14-17,21H2,1-9H3,(H,36,41). The van der Waals surface area contributed by atoms with Crippen molar-refractivity contribution in [2.45, 2.75) is 66.0 Å². The van der Waals surface area contributed by atoms with Gasteiger partial charge in [-0.1, -0.05) is 26.8 Å². The summed E-state index contributed by atoms with van der Waals surface area (Å²) in [6, 6.07) is 10.2. The fourth-order valence-electron chi connectivity index (χ4n) is 4.87. The van der Waals surface area contributed by atoms with Crippen LogP contribution < -0.4 is 19.5 Å². The van der Waals surface area contributed by atoms with Crippen LogP contribution in [0.5, 0.6) is 17.4 Å². The molecule has 266 valence electrons. The maximum absolute atomic E-state index is 13.5. The number of sulfonamides is 1. The van der Waals surface area contributed by atoms with Crippen LogP contribution in [-0.4, -0.2) is 85.6 Å². The van der Waals surface area contributed by atoms with E-state index < -0.39 is 27.7 Å². The number of anilines is 2. The molecule has 2 N–H and O–H groups in total. The van der Waals surface area contributed by atoms with Gasteiger partial charge in [0, 0.05) is 44.0 Å². The number of carbonyl (C=O) groups is 2. The van der Waals surface area contributed by atoms with Crippen LogP contribution in [0.15, 0.2) is 42.6 Å². The zero-order valence-electron chi connectivity index (χ0n) is 29.5. The van der Waals surface area contributed by atoms with Gasteiger partial charge in [0.15, 0.2) is 5.75 Å². The Labute approximate surface area is 288 Å². The topological polar surface area (TPSA) is 162 Å². The third-order valence-electron chi connectivity index (χ3n) is 7.34. The van der Waals surface area contributed by atoms with E-state index in [0.29, 0.717) is 61.4 Å². The smallest absolute Gasteiger partial charge is 0.492 e. The first-order valence-electron chi connectivity index (χ1n) is 15.8. The lowest BCUT2D eigenvalue weighted by atomic mass is 9.86. The van der Waals surface area contributed by atoms with E-state index in [1.165, 1.54) is 7.11 Å². The predicted octanol–water partition coefficient (Wildman–Crippen LogP) is 5.49. The number of aromatic nitrogens is 2. The van der Waals surface area contributed by atoms with Gasteiger partial charge < -0.3 is 24.4 Å². The number of carbonyl (C=O) groups excluding carboxylic acids is 2. The van der Waals surface area contributed by atoms with Crippen molar-refractivity contribution in [1.82, 2.24) is 19.9 Å². The SMILES string of the molecule is COc1c(NC(=O)c2ccc(C)c(Oc3ccnc(CN4CCN(OC(=O)OC(C)(C)C)CC4)n3)c2)cc(C(C)(C)C)cc1NS(C)(=O)=O. The number of rotatable bonds is 10. The molecule has 0 spiro atoms. The summed E-state index contributed by atoms with van der Waals surface area (Å²) in [5.41, 5.74) is 1.42. The zero-order chi connectivity index (χ0) is 36.1. The molecule has 1 aromatic heterocycles. The molecule has 0 radical (unpaired) electrons. The Hall–Kier alpha value is -4.47. The molecular weight excluding hydrogens is 652 g/mol. The highest BCUT2D eigenvalue weighted by Crippen LogP contribution is 2.39. The highest BCUT2D eigenvalue weighted by atomic mass is 32.2. The number of nitrogens with zero attached hydrogens (tertiary/aromatic N) is 4. The molecule has 0 unspecified atom stereocenters. The van der Waals surface area contributed by atoms with Crippen molar-refractivity contribution < 1.29 is 37.1 Å². The summed E-state index contributed by atoms with van der Waals surface area (Å²) < 4.78 is 43.6. The Morgan fingerprint density at radius 3 is 2.24 bits per heavy atom. The molecule has 1 aliphatic heterocycles. The van der Waals surface area contributed by atoms with Gasteiger partial charge in [-0.2, -0.15) is 4.98 Å². The third kappa shape index (κ3) is 11.0. The van der Waals surface area contributed by atoms with Gasteiger partial charge in [0.25, 0.3) is 5.91 Å². The molecule has 2 aromatic carbocycles. The molecule has 1 fully saturated rings. The Bertz CT molecular complexity index is 1780. The van der Waals surface area contributed by atoms with E-state index in [1.807, 2.05) is 27.7 Å². The summed E-state index contributed by atoms with van der Waals surface area (Å²) in [5.74, 6) is 1.03. The van der Waals surface area contributed by atoms with E-state index in [4.69, 9.17) is 19.0 Å². The summed E-state index contributed by atoms with van der Waals surface area (Å²) in [5, 5.41) is 4.46. The predicted molar refractivity (Wildman–Crippen MR) is 186 cm³/mol. The quantitative estimate of drug-likeness (QED) is 0.257.